The lowest BCUT2D eigenvalue weighted by molar-refractivity contribution is -0.138. The fourth-order valence-corrected chi connectivity index (χ4v) is 3.85. The van der Waals surface area contributed by atoms with Crippen molar-refractivity contribution >= 4 is 46.7 Å². The molecule has 0 unspecified atom stereocenters. The summed E-state index contributed by atoms with van der Waals surface area (Å²) in [7, 11) is 0. The monoisotopic (exact) mass is 517 g/mol. The Kier molecular flexibility index (Phi) is 8.00. The minimum atomic E-state index is -0.574. The molecule has 0 radical (unpaired) electrons. The van der Waals surface area contributed by atoms with Gasteiger partial charge in [-0.05, 0) is 54.4 Å². The van der Waals surface area contributed by atoms with E-state index in [0.717, 1.165) is 10.5 Å². The van der Waals surface area contributed by atoms with Crippen LogP contribution in [0.4, 0.5) is 11.4 Å². The summed E-state index contributed by atoms with van der Waals surface area (Å²) < 4.78 is 5.13. The largest absolute Gasteiger partial charge is 0.462 e. The Hall–Kier alpha value is -4.43. The van der Waals surface area contributed by atoms with Gasteiger partial charge in [-0.15, -0.1) is 0 Å². The second kappa shape index (κ2) is 11.5. The summed E-state index contributed by atoms with van der Waals surface area (Å²) in [6, 6.07) is 21.9. The van der Waals surface area contributed by atoms with E-state index >= 15 is 0 Å². The maximum absolute atomic E-state index is 12.9. The van der Waals surface area contributed by atoms with Crippen LogP contribution in [0.3, 0.4) is 0 Å². The van der Waals surface area contributed by atoms with Gasteiger partial charge >= 0.3 is 5.97 Å². The lowest BCUT2D eigenvalue weighted by atomic mass is 10.1. The average molecular weight is 518 g/mol. The van der Waals surface area contributed by atoms with Crippen molar-refractivity contribution in [1.82, 2.24) is 4.90 Å². The van der Waals surface area contributed by atoms with Crippen molar-refractivity contribution in [2.24, 2.45) is 0 Å². The van der Waals surface area contributed by atoms with Crippen molar-refractivity contribution < 1.29 is 23.9 Å². The Morgan fingerprint density at radius 2 is 1.59 bits per heavy atom. The quantitative estimate of drug-likeness (QED) is 0.308. The van der Waals surface area contributed by atoms with Crippen molar-refractivity contribution in [2.75, 3.05) is 17.2 Å². The molecular weight excluding hydrogens is 494 g/mol. The number of benzene rings is 3. The second-order valence-corrected chi connectivity index (χ2v) is 8.62. The molecule has 0 atom stereocenters. The van der Waals surface area contributed by atoms with Gasteiger partial charge in [-0.1, -0.05) is 54.9 Å². The topological polar surface area (TPSA) is 105 Å². The zero-order valence-electron chi connectivity index (χ0n) is 20.0. The maximum atomic E-state index is 12.9. The van der Waals surface area contributed by atoms with Gasteiger partial charge in [-0.2, -0.15) is 0 Å². The van der Waals surface area contributed by atoms with Gasteiger partial charge in [0.25, 0.3) is 17.7 Å². The highest BCUT2D eigenvalue weighted by Crippen LogP contribution is 2.27. The molecule has 0 bridgehead atoms. The van der Waals surface area contributed by atoms with Crippen molar-refractivity contribution in [3.05, 3.63) is 106 Å². The summed E-state index contributed by atoms with van der Waals surface area (Å²) in [6.45, 7) is 2.33. The summed E-state index contributed by atoms with van der Waals surface area (Å²) in [5, 5.41) is 5.45. The van der Waals surface area contributed by atoms with E-state index in [1.807, 2.05) is 37.3 Å². The van der Waals surface area contributed by atoms with E-state index in [0.29, 0.717) is 35.5 Å². The van der Waals surface area contributed by atoms with Gasteiger partial charge in [0.15, 0.2) is 0 Å². The second-order valence-electron chi connectivity index (χ2n) is 8.24. The van der Waals surface area contributed by atoms with Crippen LogP contribution in [0.5, 0.6) is 0 Å². The van der Waals surface area contributed by atoms with Crippen molar-refractivity contribution in [3.8, 4) is 0 Å². The molecule has 0 aromatic heterocycles. The van der Waals surface area contributed by atoms with Gasteiger partial charge in [-0.25, -0.2) is 4.79 Å². The van der Waals surface area contributed by atoms with Crippen LogP contribution in [0, 0.1) is 0 Å². The Labute approximate surface area is 218 Å². The lowest BCUT2D eigenvalue weighted by Gasteiger charge is -2.15. The molecule has 0 saturated carbocycles. The van der Waals surface area contributed by atoms with E-state index in [-0.39, 0.29) is 23.2 Å². The number of carbonyl (C=O) groups excluding carboxylic acids is 4. The van der Waals surface area contributed by atoms with Gasteiger partial charge in [0, 0.05) is 16.9 Å². The lowest BCUT2D eigenvalue weighted by Crippen LogP contribution is -2.31. The molecule has 0 fully saturated rings. The van der Waals surface area contributed by atoms with Gasteiger partial charge in [-0.3, -0.25) is 19.3 Å². The molecule has 4 rings (SSSR count). The van der Waals surface area contributed by atoms with E-state index in [2.05, 4.69) is 10.6 Å². The number of nitrogens with one attached hydrogen (secondary N) is 2. The third-order valence-electron chi connectivity index (χ3n) is 5.50. The number of esters is 1. The molecule has 3 aromatic carbocycles. The van der Waals surface area contributed by atoms with Gasteiger partial charge in [0.2, 0.25) is 0 Å². The highest BCUT2D eigenvalue weighted by atomic mass is 35.5. The van der Waals surface area contributed by atoms with E-state index < -0.39 is 17.8 Å². The van der Waals surface area contributed by atoms with Crippen molar-refractivity contribution in [3.63, 3.8) is 0 Å². The molecule has 0 saturated heterocycles. The van der Waals surface area contributed by atoms with Crippen LogP contribution in [-0.4, -0.2) is 35.2 Å². The predicted molar refractivity (Wildman–Crippen MR) is 140 cm³/mol. The smallest absolute Gasteiger partial charge is 0.338 e. The number of imide groups is 1. The minimum absolute atomic E-state index is 0.0217. The number of halogens is 1. The zero-order chi connectivity index (χ0) is 26.4. The van der Waals surface area contributed by atoms with Crippen LogP contribution in [0.1, 0.15) is 39.6 Å². The summed E-state index contributed by atoms with van der Waals surface area (Å²) in [5.74, 6) is -1.94. The summed E-state index contributed by atoms with van der Waals surface area (Å²) >= 11 is 6.18. The summed E-state index contributed by atoms with van der Waals surface area (Å²) in [4.78, 5) is 51.2. The summed E-state index contributed by atoms with van der Waals surface area (Å²) in [5.41, 5.74) is 2.40. The third kappa shape index (κ3) is 6.05. The first-order valence-corrected chi connectivity index (χ1v) is 12.0. The molecule has 3 amide bonds. The van der Waals surface area contributed by atoms with E-state index in [1.165, 1.54) is 0 Å². The van der Waals surface area contributed by atoms with Crippen molar-refractivity contribution in [1.29, 1.82) is 0 Å². The SMILES string of the molecule is CCCOC(=O)c1cccc(NC(=O)c2ccc(NC3=C(Cl)C(=O)N(Cc4ccccc4)C3=O)cc2)c1. The molecule has 3 aromatic rings. The number of amides is 3. The molecule has 1 aliphatic rings. The normalized spacial score (nSPS) is 13.1. The number of hydrogen-bond donors (Lipinski definition) is 2. The molecule has 1 heterocycles. The zero-order valence-corrected chi connectivity index (χ0v) is 20.7. The van der Waals surface area contributed by atoms with Gasteiger partial charge in [0.05, 0.1) is 18.7 Å². The molecule has 8 nitrogen and oxygen atoms in total. The first-order valence-electron chi connectivity index (χ1n) is 11.6. The van der Waals surface area contributed by atoms with Crippen LogP contribution >= 0.6 is 11.6 Å². The number of nitrogens with zero attached hydrogens (tertiary/aromatic N) is 1. The molecule has 37 heavy (non-hydrogen) atoms. The molecule has 1 aliphatic heterocycles. The highest BCUT2D eigenvalue weighted by molar-refractivity contribution is 6.48. The fourth-order valence-electron chi connectivity index (χ4n) is 3.62. The molecule has 0 aliphatic carbocycles. The van der Waals surface area contributed by atoms with Gasteiger partial charge in [0.1, 0.15) is 10.7 Å². The highest BCUT2D eigenvalue weighted by Gasteiger charge is 2.37. The first kappa shape index (κ1) is 25.7. The van der Waals surface area contributed by atoms with Crippen LogP contribution < -0.4 is 10.6 Å². The minimum Gasteiger partial charge on any atom is -0.462 e. The molecule has 0 spiro atoms. The number of ether oxygens (including phenoxy) is 1. The Morgan fingerprint density at radius 1 is 0.865 bits per heavy atom. The van der Waals surface area contributed by atoms with E-state index in [9.17, 15) is 19.2 Å². The Balaban J connectivity index is 1.40. The fraction of sp³-hybridized carbons (Fsp3) is 0.143. The van der Waals surface area contributed by atoms with Gasteiger partial charge < -0.3 is 15.4 Å². The standard InChI is InChI=1S/C28H24ClN3O5/c1-2-15-37-28(36)20-9-6-10-22(16-20)31-25(33)19-11-13-21(14-12-19)30-24-23(29)26(34)32(27(24)35)17-18-7-4-3-5-8-18/h3-14,16,30H,2,15,17H2,1H3,(H,31,33). The molecule has 2 N–H and O–H groups in total. The Bertz CT molecular complexity index is 1370. The molecule has 9 heteroatoms. The maximum Gasteiger partial charge on any atom is 0.338 e. The van der Waals surface area contributed by atoms with Crippen LogP contribution in [0.15, 0.2) is 89.6 Å². The predicted octanol–water partition coefficient (Wildman–Crippen LogP) is 4.94. The molecule has 188 valence electrons. The Morgan fingerprint density at radius 3 is 2.30 bits per heavy atom. The number of carbonyl (C=O) groups is 4. The first-order chi connectivity index (χ1) is 17.9. The average Bonchev–Trinajstić information content (AvgIpc) is 3.11. The molecular formula is C28H24ClN3O5. The number of anilines is 2. The number of hydrogen-bond acceptors (Lipinski definition) is 6. The summed E-state index contributed by atoms with van der Waals surface area (Å²) in [6.07, 6.45) is 0.715. The third-order valence-corrected chi connectivity index (χ3v) is 5.86. The number of rotatable bonds is 9. The van der Waals surface area contributed by atoms with Crippen molar-refractivity contribution in [2.45, 2.75) is 19.9 Å². The van der Waals surface area contributed by atoms with E-state index in [4.69, 9.17) is 16.3 Å². The van der Waals surface area contributed by atoms with E-state index in [1.54, 1.807) is 48.5 Å². The van der Waals surface area contributed by atoms with Crippen LogP contribution in [0.2, 0.25) is 0 Å². The van der Waals surface area contributed by atoms with Crippen LogP contribution in [0.25, 0.3) is 0 Å². The van der Waals surface area contributed by atoms with Crippen LogP contribution in [-0.2, 0) is 20.9 Å².